The molecule has 2 aliphatic carbocycles. The molecule has 2 unspecified atom stereocenters. The number of fused-ring (bicyclic) bond motifs is 3. The van der Waals surface area contributed by atoms with Crippen molar-refractivity contribution in [1.29, 1.82) is 0 Å². The number of epoxide rings is 2. The van der Waals surface area contributed by atoms with E-state index in [0.717, 1.165) is 5.57 Å². The van der Waals surface area contributed by atoms with Crippen molar-refractivity contribution in [1.82, 2.24) is 0 Å². The van der Waals surface area contributed by atoms with Crippen LogP contribution in [0.15, 0.2) is 11.6 Å². The predicted octanol–water partition coefficient (Wildman–Crippen LogP) is 2.16. The Kier molecular flexibility index (Phi) is 5.44. The fraction of sp³-hybridized carbons (Fsp3) is 0.769. The molecule has 0 bridgehead atoms. The van der Waals surface area contributed by atoms with E-state index in [9.17, 15) is 19.2 Å². The van der Waals surface area contributed by atoms with Crippen molar-refractivity contribution in [2.24, 2.45) is 11.3 Å². The SMILES string of the molecule is CC(=O)OC1C2[C@](C)([C@@H](OC(C)=O)C[C@@H]3O[C@]23C)[C@H](OC(C)=O)CC/C(C)=C\[C@@H]2OC(=O)[C@]3(C)O[C@]123. The zero-order chi connectivity index (χ0) is 26.4. The van der Waals surface area contributed by atoms with Crippen LogP contribution in [0, 0.1) is 11.3 Å². The number of esters is 4. The van der Waals surface area contributed by atoms with Gasteiger partial charge in [-0.2, -0.15) is 0 Å². The van der Waals surface area contributed by atoms with E-state index in [1.807, 2.05) is 26.8 Å². The maximum Gasteiger partial charge on any atom is 0.342 e. The number of hydrogen-bond acceptors (Lipinski definition) is 10. The molecule has 10 atom stereocenters. The molecule has 0 N–H and O–H groups in total. The van der Waals surface area contributed by atoms with E-state index in [2.05, 4.69) is 0 Å². The molecule has 5 aliphatic rings. The van der Waals surface area contributed by atoms with Gasteiger partial charge in [-0.15, -0.1) is 0 Å². The summed E-state index contributed by atoms with van der Waals surface area (Å²) in [5.74, 6) is -2.71. The molecular weight excluding hydrogens is 472 g/mol. The molecule has 36 heavy (non-hydrogen) atoms. The molecular formula is C26H34O10. The standard InChI is InChI=1S/C26H34O10/c1-12-8-9-16(31-13(2)27)23(5)17(32-14(3)28)11-18-24(6,35-18)20(23)21(33-15(4)29)26-19(10-12)34-22(30)25(26,7)36-26/h10,16-21H,8-9,11H2,1-7H3/b12-10-/t16-,17+,18+,19+,20?,21?,23+,24+,25+,26+/m1/s1. The molecule has 3 saturated heterocycles. The largest absolute Gasteiger partial charge is 0.462 e. The quantitative estimate of drug-likeness (QED) is 0.243. The van der Waals surface area contributed by atoms with Crippen molar-refractivity contribution in [2.45, 2.75) is 115 Å². The van der Waals surface area contributed by atoms with Gasteiger partial charge >= 0.3 is 23.9 Å². The van der Waals surface area contributed by atoms with Gasteiger partial charge in [-0.3, -0.25) is 14.4 Å². The van der Waals surface area contributed by atoms with Crippen molar-refractivity contribution < 1.29 is 47.6 Å². The molecule has 10 nitrogen and oxygen atoms in total. The molecule has 0 aromatic heterocycles. The van der Waals surface area contributed by atoms with Gasteiger partial charge in [0.05, 0.1) is 17.1 Å². The maximum atomic E-state index is 13.0. The number of carbonyl (C=O) groups is 4. The van der Waals surface area contributed by atoms with Crippen molar-refractivity contribution in [3.63, 3.8) is 0 Å². The first-order chi connectivity index (χ1) is 16.7. The van der Waals surface area contributed by atoms with Gasteiger partial charge in [0.1, 0.15) is 18.3 Å². The lowest BCUT2D eigenvalue weighted by molar-refractivity contribution is -0.212. The Hall–Kier alpha value is -2.46. The summed E-state index contributed by atoms with van der Waals surface area (Å²) in [6, 6.07) is 0. The third-order valence-electron chi connectivity index (χ3n) is 9.08. The zero-order valence-electron chi connectivity index (χ0n) is 21.7. The van der Waals surface area contributed by atoms with Crippen LogP contribution in [0.3, 0.4) is 0 Å². The Balaban J connectivity index is 1.75. The molecule has 3 heterocycles. The van der Waals surface area contributed by atoms with Crippen LogP contribution in [0.2, 0.25) is 0 Å². The van der Waals surface area contributed by atoms with Gasteiger partial charge in [0.25, 0.3) is 0 Å². The maximum absolute atomic E-state index is 13.0. The molecule has 0 aromatic carbocycles. The van der Waals surface area contributed by atoms with E-state index in [0.29, 0.717) is 19.3 Å². The van der Waals surface area contributed by atoms with E-state index < -0.39 is 76.4 Å². The highest BCUT2D eigenvalue weighted by Gasteiger charge is 2.89. The molecule has 4 fully saturated rings. The van der Waals surface area contributed by atoms with Crippen LogP contribution in [0.1, 0.15) is 67.7 Å². The average Bonchev–Trinajstić information content (AvgIpc) is 3.58. The molecule has 10 heteroatoms. The van der Waals surface area contributed by atoms with Gasteiger partial charge in [-0.05, 0) is 39.7 Å². The van der Waals surface area contributed by atoms with Gasteiger partial charge < -0.3 is 28.4 Å². The lowest BCUT2D eigenvalue weighted by Crippen LogP contribution is -2.66. The Bertz CT molecular complexity index is 1070. The molecule has 0 aromatic rings. The van der Waals surface area contributed by atoms with Crippen LogP contribution in [-0.4, -0.2) is 71.2 Å². The van der Waals surface area contributed by atoms with E-state index in [1.54, 1.807) is 6.92 Å². The molecule has 198 valence electrons. The van der Waals surface area contributed by atoms with Crippen LogP contribution in [0.25, 0.3) is 0 Å². The fourth-order valence-electron chi connectivity index (χ4n) is 7.29. The summed E-state index contributed by atoms with van der Waals surface area (Å²) in [6.07, 6.45) is -0.313. The third-order valence-corrected chi connectivity index (χ3v) is 9.08. The minimum atomic E-state index is -1.33. The van der Waals surface area contributed by atoms with E-state index in [1.165, 1.54) is 20.8 Å². The molecule has 5 rings (SSSR count). The van der Waals surface area contributed by atoms with Crippen LogP contribution in [0.4, 0.5) is 0 Å². The normalized spacial score (nSPS) is 50.0. The summed E-state index contributed by atoms with van der Waals surface area (Å²) in [5, 5.41) is 0. The highest BCUT2D eigenvalue weighted by atomic mass is 16.7. The van der Waals surface area contributed by atoms with Crippen molar-refractivity contribution in [3.8, 4) is 0 Å². The topological polar surface area (TPSA) is 130 Å². The Morgan fingerprint density at radius 1 is 0.972 bits per heavy atom. The Labute approximate surface area is 209 Å². The molecule has 0 amide bonds. The van der Waals surface area contributed by atoms with Crippen molar-refractivity contribution >= 4 is 23.9 Å². The minimum Gasteiger partial charge on any atom is -0.462 e. The average molecular weight is 507 g/mol. The minimum absolute atomic E-state index is 0.283. The fourth-order valence-corrected chi connectivity index (χ4v) is 7.29. The summed E-state index contributed by atoms with van der Waals surface area (Å²) in [5.41, 5.74) is -3.59. The monoisotopic (exact) mass is 506 g/mol. The number of rotatable bonds is 3. The first kappa shape index (κ1) is 25.2. The summed E-state index contributed by atoms with van der Waals surface area (Å²) in [7, 11) is 0. The first-order valence-corrected chi connectivity index (χ1v) is 12.5. The molecule has 1 saturated carbocycles. The second kappa shape index (κ2) is 7.77. The number of allylic oxidation sites excluding steroid dienone is 1. The summed E-state index contributed by atoms with van der Waals surface area (Å²) in [4.78, 5) is 50.1. The van der Waals surface area contributed by atoms with Crippen molar-refractivity contribution in [3.05, 3.63) is 11.6 Å². The van der Waals surface area contributed by atoms with Gasteiger partial charge in [-0.1, -0.05) is 12.5 Å². The number of ether oxygens (including phenoxy) is 6. The molecule has 3 aliphatic heterocycles. The lowest BCUT2D eigenvalue weighted by atomic mass is 9.53. The summed E-state index contributed by atoms with van der Waals surface area (Å²) in [6.45, 7) is 11.3. The first-order valence-electron chi connectivity index (χ1n) is 12.5. The van der Waals surface area contributed by atoms with Gasteiger partial charge in [-0.25, -0.2) is 4.79 Å². The van der Waals surface area contributed by atoms with Crippen LogP contribution >= 0.6 is 0 Å². The van der Waals surface area contributed by atoms with Gasteiger partial charge in [0, 0.05) is 33.1 Å². The van der Waals surface area contributed by atoms with Crippen LogP contribution in [0.5, 0.6) is 0 Å². The Morgan fingerprint density at radius 3 is 2.17 bits per heavy atom. The smallest absolute Gasteiger partial charge is 0.342 e. The van der Waals surface area contributed by atoms with Gasteiger partial charge in [0.15, 0.2) is 17.3 Å². The van der Waals surface area contributed by atoms with E-state index in [-0.39, 0.29) is 6.10 Å². The van der Waals surface area contributed by atoms with E-state index in [4.69, 9.17) is 28.4 Å². The van der Waals surface area contributed by atoms with Crippen LogP contribution < -0.4 is 0 Å². The van der Waals surface area contributed by atoms with Crippen molar-refractivity contribution in [2.75, 3.05) is 0 Å². The molecule has 0 radical (unpaired) electrons. The van der Waals surface area contributed by atoms with Gasteiger partial charge in [0.2, 0.25) is 0 Å². The predicted molar refractivity (Wildman–Crippen MR) is 121 cm³/mol. The van der Waals surface area contributed by atoms with Crippen LogP contribution in [-0.2, 0) is 47.6 Å². The lowest BCUT2D eigenvalue weighted by Gasteiger charge is -2.54. The summed E-state index contributed by atoms with van der Waals surface area (Å²) < 4.78 is 36.0. The number of hydrogen-bond donors (Lipinski definition) is 0. The second-order valence-corrected chi connectivity index (χ2v) is 11.4. The second-order valence-electron chi connectivity index (χ2n) is 11.4. The molecule has 1 spiro atoms. The highest BCUT2D eigenvalue weighted by molar-refractivity contribution is 5.89. The Morgan fingerprint density at radius 2 is 1.58 bits per heavy atom. The number of carbonyl (C=O) groups excluding carboxylic acids is 4. The third kappa shape index (κ3) is 3.29. The highest BCUT2D eigenvalue weighted by Crippen LogP contribution is 2.69. The summed E-state index contributed by atoms with van der Waals surface area (Å²) >= 11 is 0. The zero-order valence-corrected chi connectivity index (χ0v) is 21.7. The van der Waals surface area contributed by atoms with E-state index >= 15 is 0 Å².